The standard InChI is InChI=1S/C20H19N3O5/c1-13(20(25)22-17-8-4-5-9-18(17)23(26)27)28-19(24)11-10-14-12-21-16-7-3-2-6-15(14)16/h2-9,12-13,21H,10-11H2,1H3,(H,22,25)/t13-/m0/s1. The van der Waals surface area contributed by atoms with Gasteiger partial charge in [0.1, 0.15) is 5.69 Å². The van der Waals surface area contributed by atoms with Crippen molar-refractivity contribution >= 4 is 34.2 Å². The highest BCUT2D eigenvalue weighted by atomic mass is 16.6. The summed E-state index contributed by atoms with van der Waals surface area (Å²) in [6, 6.07) is 13.5. The molecule has 0 fully saturated rings. The van der Waals surface area contributed by atoms with Crippen molar-refractivity contribution in [1.82, 2.24) is 4.98 Å². The fourth-order valence-electron chi connectivity index (χ4n) is 2.86. The lowest BCUT2D eigenvalue weighted by Gasteiger charge is -2.13. The number of nitrogens with one attached hydrogen (secondary N) is 2. The molecule has 0 spiro atoms. The van der Waals surface area contributed by atoms with Gasteiger partial charge in [-0.3, -0.25) is 19.7 Å². The van der Waals surface area contributed by atoms with Crippen LogP contribution in [0.3, 0.4) is 0 Å². The Hall–Kier alpha value is -3.68. The van der Waals surface area contributed by atoms with Gasteiger partial charge in [0.15, 0.2) is 6.10 Å². The molecule has 0 saturated heterocycles. The lowest BCUT2D eigenvalue weighted by molar-refractivity contribution is -0.383. The molecule has 2 N–H and O–H groups in total. The van der Waals surface area contributed by atoms with Gasteiger partial charge in [-0.1, -0.05) is 30.3 Å². The third-order valence-corrected chi connectivity index (χ3v) is 4.31. The van der Waals surface area contributed by atoms with Gasteiger partial charge in [-0.05, 0) is 31.0 Å². The molecule has 3 aromatic rings. The van der Waals surface area contributed by atoms with E-state index >= 15 is 0 Å². The maximum absolute atomic E-state index is 12.2. The zero-order valence-electron chi connectivity index (χ0n) is 15.2. The molecule has 144 valence electrons. The van der Waals surface area contributed by atoms with Gasteiger partial charge in [-0.2, -0.15) is 0 Å². The molecule has 0 bridgehead atoms. The zero-order valence-corrected chi connectivity index (χ0v) is 15.2. The molecular weight excluding hydrogens is 362 g/mol. The van der Waals surface area contributed by atoms with E-state index in [-0.39, 0.29) is 17.8 Å². The molecule has 0 aliphatic rings. The lowest BCUT2D eigenvalue weighted by atomic mass is 10.1. The summed E-state index contributed by atoms with van der Waals surface area (Å²) < 4.78 is 5.16. The van der Waals surface area contributed by atoms with Crippen molar-refractivity contribution in [2.24, 2.45) is 0 Å². The predicted octanol–water partition coefficient (Wildman–Crippen LogP) is 3.58. The van der Waals surface area contributed by atoms with Gasteiger partial charge in [-0.15, -0.1) is 0 Å². The maximum Gasteiger partial charge on any atom is 0.306 e. The van der Waals surface area contributed by atoms with Gasteiger partial charge in [0.05, 0.1) is 4.92 Å². The van der Waals surface area contributed by atoms with Gasteiger partial charge >= 0.3 is 5.97 Å². The average molecular weight is 381 g/mol. The molecule has 0 radical (unpaired) electrons. The van der Waals surface area contributed by atoms with Crippen LogP contribution in [0, 0.1) is 10.1 Å². The van der Waals surface area contributed by atoms with E-state index < -0.39 is 22.9 Å². The number of esters is 1. The van der Waals surface area contributed by atoms with Crippen LogP contribution in [-0.4, -0.2) is 27.9 Å². The first-order valence-electron chi connectivity index (χ1n) is 8.74. The van der Waals surface area contributed by atoms with Gasteiger partial charge in [0.25, 0.3) is 11.6 Å². The number of benzene rings is 2. The van der Waals surface area contributed by atoms with Crippen molar-refractivity contribution in [3.05, 3.63) is 70.4 Å². The minimum Gasteiger partial charge on any atom is -0.453 e. The van der Waals surface area contributed by atoms with Crippen LogP contribution in [0.2, 0.25) is 0 Å². The number of H-pyrrole nitrogens is 1. The van der Waals surface area contributed by atoms with Crippen LogP contribution < -0.4 is 5.32 Å². The average Bonchev–Trinajstić information content (AvgIpc) is 3.09. The molecule has 8 heteroatoms. The minimum absolute atomic E-state index is 0.0548. The number of fused-ring (bicyclic) bond motifs is 1. The van der Waals surface area contributed by atoms with Crippen molar-refractivity contribution in [3.63, 3.8) is 0 Å². The fraction of sp³-hybridized carbons (Fsp3) is 0.200. The van der Waals surface area contributed by atoms with Crippen LogP contribution in [0.15, 0.2) is 54.7 Å². The van der Waals surface area contributed by atoms with Crippen molar-refractivity contribution in [2.75, 3.05) is 5.32 Å². The number of aromatic nitrogens is 1. The number of para-hydroxylation sites is 3. The number of carbonyl (C=O) groups is 2. The van der Waals surface area contributed by atoms with E-state index in [2.05, 4.69) is 10.3 Å². The van der Waals surface area contributed by atoms with Crippen molar-refractivity contribution in [2.45, 2.75) is 25.9 Å². The van der Waals surface area contributed by atoms with Crippen LogP contribution in [0.1, 0.15) is 18.9 Å². The minimum atomic E-state index is -1.07. The Bertz CT molecular complexity index is 1030. The largest absolute Gasteiger partial charge is 0.453 e. The molecule has 1 aromatic heterocycles. The van der Waals surface area contributed by atoms with Crippen LogP contribution in [0.25, 0.3) is 10.9 Å². The Kier molecular flexibility index (Phi) is 5.69. The lowest BCUT2D eigenvalue weighted by Crippen LogP contribution is -2.30. The number of nitro benzene ring substituents is 1. The summed E-state index contributed by atoms with van der Waals surface area (Å²) in [6.45, 7) is 1.42. The highest BCUT2D eigenvalue weighted by Crippen LogP contribution is 2.23. The number of hydrogen-bond donors (Lipinski definition) is 2. The number of hydrogen-bond acceptors (Lipinski definition) is 5. The van der Waals surface area contributed by atoms with E-state index in [9.17, 15) is 19.7 Å². The summed E-state index contributed by atoms with van der Waals surface area (Å²) in [5.41, 5.74) is 1.81. The number of nitrogens with zero attached hydrogens (tertiary/aromatic N) is 1. The van der Waals surface area contributed by atoms with Crippen LogP contribution >= 0.6 is 0 Å². The summed E-state index contributed by atoms with van der Waals surface area (Å²) >= 11 is 0. The van der Waals surface area contributed by atoms with E-state index in [1.54, 1.807) is 6.07 Å². The number of nitro groups is 1. The Morgan fingerprint density at radius 3 is 2.68 bits per heavy atom. The molecule has 1 amide bonds. The first-order chi connectivity index (χ1) is 13.5. The van der Waals surface area contributed by atoms with Crippen molar-refractivity contribution < 1.29 is 19.2 Å². The molecule has 0 saturated carbocycles. The normalized spacial score (nSPS) is 11.8. The summed E-state index contributed by atoms with van der Waals surface area (Å²) in [7, 11) is 0. The summed E-state index contributed by atoms with van der Waals surface area (Å²) in [6.07, 6.45) is 1.37. The van der Waals surface area contributed by atoms with Crippen molar-refractivity contribution in [1.29, 1.82) is 0 Å². The molecule has 0 aliphatic heterocycles. The molecule has 0 aliphatic carbocycles. The third kappa shape index (κ3) is 4.35. The molecule has 28 heavy (non-hydrogen) atoms. The quantitative estimate of drug-likeness (QED) is 0.369. The van der Waals surface area contributed by atoms with Crippen LogP contribution in [0.4, 0.5) is 11.4 Å². The van der Waals surface area contributed by atoms with Crippen molar-refractivity contribution in [3.8, 4) is 0 Å². The number of rotatable bonds is 7. The predicted molar refractivity (Wildman–Crippen MR) is 104 cm³/mol. The first kappa shape index (κ1) is 19.1. The maximum atomic E-state index is 12.2. The molecule has 2 aromatic carbocycles. The highest BCUT2D eigenvalue weighted by Gasteiger charge is 2.21. The first-order valence-corrected chi connectivity index (χ1v) is 8.74. The van der Waals surface area contributed by atoms with E-state index in [0.29, 0.717) is 6.42 Å². The van der Waals surface area contributed by atoms with E-state index in [4.69, 9.17) is 4.74 Å². The second kappa shape index (κ2) is 8.34. The van der Waals surface area contributed by atoms with Gasteiger partial charge < -0.3 is 15.0 Å². The van der Waals surface area contributed by atoms with Gasteiger partial charge in [0.2, 0.25) is 0 Å². The second-order valence-electron chi connectivity index (χ2n) is 6.26. The summed E-state index contributed by atoms with van der Waals surface area (Å²) in [5, 5.41) is 14.5. The number of anilines is 1. The number of aryl methyl sites for hydroxylation is 1. The summed E-state index contributed by atoms with van der Waals surface area (Å²) in [5.74, 6) is -1.15. The van der Waals surface area contributed by atoms with Crippen LogP contribution in [0.5, 0.6) is 0 Å². The Morgan fingerprint density at radius 1 is 1.18 bits per heavy atom. The van der Waals surface area contributed by atoms with E-state index in [1.165, 1.54) is 25.1 Å². The Balaban J connectivity index is 1.55. The van der Waals surface area contributed by atoms with E-state index in [1.807, 2.05) is 30.5 Å². The number of aromatic amines is 1. The number of amides is 1. The number of ether oxygens (including phenoxy) is 1. The third-order valence-electron chi connectivity index (χ3n) is 4.31. The summed E-state index contributed by atoms with van der Waals surface area (Å²) in [4.78, 5) is 37.9. The monoisotopic (exact) mass is 381 g/mol. The molecule has 0 unspecified atom stereocenters. The Morgan fingerprint density at radius 2 is 1.89 bits per heavy atom. The fourth-order valence-corrected chi connectivity index (χ4v) is 2.86. The number of carbonyl (C=O) groups excluding carboxylic acids is 2. The van der Waals surface area contributed by atoms with Gasteiger partial charge in [0, 0.05) is 29.6 Å². The van der Waals surface area contributed by atoms with Gasteiger partial charge in [-0.25, -0.2) is 0 Å². The second-order valence-corrected chi connectivity index (χ2v) is 6.26. The molecule has 1 atom stereocenters. The topological polar surface area (TPSA) is 114 Å². The Labute approximate surface area is 160 Å². The highest BCUT2D eigenvalue weighted by molar-refractivity contribution is 5.96. The molecular formula is C20H19N3O5. The molecule has 8 nitrogen and oxygen atoms in total. The van der Waals surface area contributed by atoms with E-state index in [0.717, 1.165) is 16.5 Å². The van der Waals surface area contributed by atoms with Crippen LogP contribution in [-0.2, 0) is 20.7 Å². The molecule has 3 rings (SSSR count). The smallest absolute Gasteiger partial charge is 0.306 e. The molecule has 1 heterocycles. The zero-order chi connectivity index (χ0) is 20.1. The SMILES string of the molecule is C[C@H](OC(=O)CCc1c[nH]c2ccccc12)C(=O)Nc1ccccc1[N+](=O)[O-].